The fraction of sp³-hybridized carbons (Fsp3) is 0.944. The molecule has 0 saturated carbocycles. The van der Waals surface area contributed by atoms with Crippen molar-refractivity contribution in [2.75, 3.05) is 45.8 Å². The van der Waals surface area contributed by atoms with Crippen LogP contribution in [0.3, 0.4) is 0 Å². The first-order chi connectivity index (χ1) is 13.6. The van der Waals surface area contributed by atoms with Crippen LogP contribution in [0.4, 0.5) is 13.2 Å². The first-order valence-electron chi connectivity index (χ1n) is 10.5. The second-order valence-corrected chi connectivity index (χ2v) is 9.88. The minimum atomic E-state index is -5.24. The molecule has 2 saturated heterocycles. The zero-order valence-corrected chi connectivity index (χ0v) is 18.2. The second kappa shape index (κ2) is 10.8. The van der Waals surface area contributed by atoms with E-state index in [1.165, 1.54) is 19.3 Å². The average Bonchev–Trinajstić information content (AvgIpc) is 2.66. The van der Waals surface area contributed by atoms with Gasteiger partial charge in [0, 0.05) is 38.8 Å². The Kier molecular flexibility index (Phi) is 9.02. The van der Waals surface area contributed by atoms with Crippen molar-refractivity contribution in [2.45, 2.75) is 57.5 Å². The van der Waals surface area contributed by atoms with Gasteiger partial charge in [-0.1, -0.05) is 13.3 Å². The van der Waals surface area contributed by atoms with Crippen LogP contribution in [-0.4, -0.2) is 80.9 Å². The summed E-state index contributed by atoms with van der Waals surface area (Å²) >= 11 is 0. The molecule has 0 bridgehead atoms. The number of alkyl halides is 3. The Bertz CT molecular complexity index is 628. The zero-order chi connectivity index (χ0) is 21.5. The SMILES string of the molecule is CCNC(=NCC(C)CN1CCCCC1)NC1CCN(S(=O)(=O)C(F)(F)F)CC1. The van der Waals surface area contributed by atoms with Gasteiger partial charge in [0.15, 0.2) is 5.96 Å². The van der Waals surface area contributed by atoms with Crippen LogP contribution in [0.15, 0.2) is 4.99 Å². The molecule has 29 heavy (non-hydrogen) atoms. The van der Waals surface area contributed by atoms with E-state index in [4.69, 9.17) is 0 Å². The van der Waals surface area contributed by atoms with Gasteiger partial charge in [-0.2, -0.15) is 17.5 Å². The highest BCUT2D eigenvalue weighted by molar-refractivity contribution is 7.90. The summed E-state index contributed by atoms with van der Waals surface area (Å²) in [7, 11) is -5.24. The fourth-order valence-corrected chi connectivity index (χ4v) is 4.77. The normalized spacial score (nSPS) is 22.4. The van der Waals surface area contributed by atoms with Gasteiger partial charge in [0.1, 0.15) is 0 Å². The van der Waals surface area contributed by atoms with Crippen LogP contribution in [-0.2, 0) is 10.0 Å². The molecule has 1 unspecified atom stereocenters. The van der Waals surface area contributed by atoms with Crippen molar-refractivity contribution < 1.29 is 21.6 Å². The van der Waals surface area contributed by atoms with Crippen molar-refractivity contribution in [1.29, 1.82) is 0 Å². The average molecular weight is 442 g/mol. The van der Waals surface area contributed by atoms with E-state index in [0.29, 0.717) is 42.1 Å². The number of likely N-dealkylation sites (tertiary alicyclic amines) is 1. The summed E-state index contributed by atoms with van der Waals surface area (Å²) in [6.45, 7) is 8.46. The Hall–Kier alpha value is -1.07. The maximum atomic E-state index is 12.7. The quantitative estimate of drug-likeness (QED) is 0.467. The first-order valence-corrected chi connectivity index (χ1v) is 11.9. The summed E-state index contributed by atoms with van der Waals surface area (Å²) in [6, 6.07) is -0.107. The third-order valence-electron chi connectivity index (χ3n) is 5.35. The third kappa shape index (κ3) is 7.29. The van der Waals surface area contributed by atoms with Crippen molar-refractivity contribution in [3.63, 3.8) is 0 Å². The minimum Gasteiger partial charge on any atom is -0.357 e. The highest BCUT2D eigenvalue weighted by Gasteiger charge is 2.50. The van der Waals surface area contributed by atoms with E-state index >= 15 is 0 Å². The standard InChI is InChI=1S/C18H34F3N5O2S/c1-3-22-17(23-13-15(2)14-25-9-5-4-6-10-25)24-16-7-11-26(12-8-16)29(27,28)18(19,20)21/h15-16H,3-14H2,1-2H3,(H2,22,23,24). The maximum Gasteiger partial charge on any atom is 0.511 e. The molecule has 0 aromatic heterocycles. The van der Waals surface area contributed by atoms with Crippen LogP contribution in [0.1, 0.15) is 46.0 Å². The van der Waals surface area contributed by atoms with Crippen LogP contribution in [0.25, 0.3) is 0 Å². The molecule has 2 rings (SSSR count). The Balaban J connectivity index is 1.83. The van der Waals surface area contributed by atoms with E-state index in [1.807, 2.05) is 6.92 Å². The summed E-state index contributed by atoms with van der Waals surface area (Å²) in [5.41, 5.74) is -5.24. The van der Waals surface area contributed by atoms with E-state index in [1.54, 1.807) is 0 Å². The van der Waals surface area contributed by atoms with Crippen molar-refractivity contribution in [3.05, 3.63) is 0 Å². The summed E-state index contributed by atoms with van der Waals surface area (Å²) in [5.74, 6) is 1.04. The number of sulfonamides is 1. The van der Waals surface area contributed by atoms with E-state index in [0.717, 1.165) is 19.6 Å². The highest BCUT2D eigenvalue weighted by Crippen LogP contribution is 2.28. The molecule has 0 spiro atoms. The first kappa shape index (κ1) is 24.2. The van der Waals surface area contributed by atoms with Gasteiger partial charge in [-0.3, -0.25) is 4.99 Å². The summed E-state index contributed by atoms with van der Waals surface area (Å²) in [4.78, 5) is 7.11. The van der Waals surface area contributed by atoms with Crippen LogP contribution < -0.4 is 10.6 Å². The lowest BCUT2D eigenvalue weighted by Gasteiger charge is -2.32. The highest BCUT2D eigenvalue weighted by atomic mass is 32.2. The lowest BCUT2D eigenvalue weighted by molar-refractivity contribution is -0.0494. The van der Waals surface area contributed by atoms with Crippen molar-refractivity contribution >= 4 is 16.0 Å². The number of hydrogen-bond donors (Lipinski definition) is 2. The maximum absolute atomic E-state index is 12.7. The van der Waals surface area contributed by atoms with E-state index in [2.05, 4.69) is 27.4 Å². The molecule has 11 heteroatoms. The molecule has 0 amide bonds. The number of halogens is 3. The summed E-state index contributed by atoms with van der Waals surface area (Å²) < 4.78 is 61.6. The molecule has 0 aromatic carbocycles. The largest absolute Gasteiger partial charge is 0.511 e. The predicted molar refractivity (Wildman–Crippen MR) is 108 cm³/mol. The Labute approximate surface area is 172 Å². The molecular formula is C18H34F3N5O2S. The number of nitrogens with zero attached hydrogens (tertiary/aromatic N) is 3. The van der Waals surface area contributed by atoms with Gasteiger partial charge in [-0.25, -0.2) is 8.42 Å². The van der Waals surface area contributed by atoms with E-state index < -0.39 is 15.5 Å². The Morgan fingerprint density at radius 3 is 2.31 bits per heavy atom. The molecule has 0 aromatic rings. The number of rotatable bonds is 7. The minimum absolute atomic E-state index is 0.107. The Morgan fingerprint density at radius 2 is 1.76 bits per heavy atom. The monoisotopic (exact) mass is 441 g/mol. The van der Waals surface area contributed by atoms with Crippen LogP contribution >= 0.6 is 0 Å². The molecule has 170 valence electrons. The smallest absolute Gasteiger partial charge is 0.357 e. The van der Waals surface area contributed by atoms with Gasteiger partial charge < -0.3 is 15.5 Å². The van der Waals surface area contributed by atoms with E-state index in [9.17, 15) is 21.6 Å². The summed E-state index contributed by atoms with van der Waals surface area (Å²) in [5, 5.41) is 6.42. The zero-order valence-electron chi connectivity index (χ0n) is 17.3. The fourth-order valence-electron chi connectivity index (χ4n) is 3.79. The molecular weight excluding hydrogens is 407 g/mol. The number of piperidine rings is 2. The van der Waals surface area contributed by atoms with Gasteiger partial charge in [0.2, 0.25) is 0 Å². The van der Waals surface area contributed by atoms with Gasteiger partial charge in [-0.05, 0) is 51.6 Å². The Morgan fingerprint density at radius 1 is 1.14 bits per heavy atom. The second-order valence-electron chi connectivity index (χ2n) is 7.95. The van der Waals surface area contributed by atoms with Gasteiger partial charge in [0.05, 0.1) is 0 Å². The van der Waals surface area contributed by atoms with Crippen LogP contribution in [0.5, 0.6) is 0 Å². The molecule has 2 heterocycles. The lowest BCUT2D eigenvalue weighted by atomic mass is 10.1. The van der Waals surface area contributed by atoms with E-state index in [-0.39, 0.29) is 19.1 Å². The van der Waals surface area contributed by atoms with Gasteiger partial charge in [-0.15, -0.1) is 0 Å². The number of nitrogens with one attached hydrogen (secondary N) is 2. The predicted octanol–water partition coefficient (Wildman–Crippen LogP) is 1.98. The molecule has 2 aliphatic rings. The third-order valence-corrected chi connectivity index (χ3v) is 6.98. The van der Waals surface area contributed by atoms with Crippen LogP contribution in [0, 0.1) is 5.92 Å². The lowest BCUT2D eigenvalue weighted by Crippen LogP contribution is -2.51. The van der Waals surface area contributed by atoms with Crippen molar-refractivity contribution in [2.24, 2.45) is 10.9 Å². The van der Waals surface area contributed by atoms with Gasteiger partial charge in [0.25, 0.3) is 0 Å². The molecule has 2 aliphatic heterocycles. The number of hydrogen-bond acceptors (Lipinski definition) is 4. The topological polar surface area (TPSA) is 77.0 Å². The molecule has 7 nitrogen and oxygen atoms in total. The van der Waals surface area contributed by atoms with Crippen molar-refractivity contribution in [3.8, 4) is 0 Å². The molecule has 2 fully saturated rings. The molecule has 0 radical (unpaired) electrons. The number of aliphatic imine (C=N–C) groups is 1. The number of guanidine groups is 1. The molecule has 1 atom stereocenters. The van der Waals surface area contributed by atoms with Gasteiger partial charge >= 0.3 is 15.5 Å². The molecule has 2 N–H and O–H groups in total. The van der Waals surface area contributed by atoms with Crippen LogP contribution in [0.2, 0.25) is 0 Å². The summed E-state index contributed by atoms with van der Waals surface area (Å²) in [6.07, 6.45) is 4.43. The van der Waals surface area contributed by atoms with Crippen molar-refractivity contribution in [1.82, 2.24) is 19.8 Å². The molecule has 0 aliphatic carbocycles.